The van der Waals surface area contributed by atoms with Crippen LogP contribution in [-0.2, 0) is 0 Å². The van der Waals surface area contributed by atoms with Crippen molar-refractivity contribution < 1.29 is 9.47 Å². The predicted molar refractivity (Wildman–Crippen MR) is 73.9 cm³/mol. The molecule has 0 amide bonds. The van der Waals surface area contributed by atoms with Gasteiger partial charge in [0.2, 0.25) is 0 Å². The maximum Gasteiger partial charge on any atom is 0.161 e. The van der Waals surface area contributed by atoms with Gasteiger partial charge in [-0.1, -0.05) is 12.5 Å². The molecule has 0 aromatic heterocycles. The second-order valence-electron chi connectivity index (χ2n) is 5.59. The summed E-state index contributed by atoms with van der Waals surface area (Å²) in [5.74, 6) is 9.75. The summed E-state index contributed by atoms with van der Waals surface area (Å²) in [6.45, 7) is 0. The van der Waals surface area contributed by atoms with E-state index in [4.69, 9.17) is 15.3 Å². The van der Waals surface area contributed by atoms with Crippen molar-refractivity contribution in [1.82, 2.24) is 5.43 Å². The minimum atomic E-state index is 0.232. The van der Waals surface area contributed by atoms with Gasteiger partial charge in [0.15, 0.2) is 11.5 Å². The molecule has 2 aliphatic carbocycles. The summed E-state index contributed by atoms with van der Waals surface area (Å²) in [5, 5.41) is 0. The Kier molecular flexibility index (Phi) is 3.37. The zero-order valence-electron chi connectivity index (χ0n) is 11.6. The molecule has 3 N–H and O–H groups in total. The van der Waals surface area contributed by atoms with Crippen molar-refractivity contribution in [3.05, 3.63) is 23.8 Å². The second kappa shape index (κ2) is 5.02. The van der Waals surface area contributed by atoms with E-state index in [0.29, 0.717) is 5.92 Å². The van der Waals surface area contributed by atoms with E-state index in [9.17, 15) is 0 Å². The van der Waals surface area contributed by atoms with Crippen molar-refractivity contribution in [2.75, 3.05) is 14.2 Å². The molecule has 0 heterocycles. The topological polar surface area (TPSA) is 56.5 Å². The third-order valence-electron chi connectivity index (χ3n) is 4.80. The molecule has 104 valence electrons. The number of ether oxygens (including phenoxy) is 2. The minimum Gasteiger partial charge on any atom is -0.493 e. The number of nitrogens with one attached hydrogen (secondary N) is 1. The number of hydrazine groups is 1. The van der Waals surface area contributed by atoms with Crippen LogP contribution in [0, 0.1) is 17.8 Å². The molecule has 3 rings (SSSR count). The van der Waals surface area contributed by atoms with Gasteiger partial charge in [0.1, 0.15) is 0 Å². The van der Waals surface area contributed by atoms with Gasteiger partial charge in [-0.25, -0.2) is 0 Å². The molecular formula is C15H22N2O2. The van der Waals surface area contributed by atoms with Gasteiger partial charge >= 0.3 is 0 Å². The SMILES string of the molecule is COc1ccc(C(NN)C2C3CCCC32)cc1OC. The number of fused-ring (bicyclic) bond motifs is 1. The first-order chi connectivity index (χ1) is 9.30. The highest BCUT2D eigenvalue weighted by Gasteiger charge is 2.55. The van der Waals surface area contributed by atoms with Crippen LogP contribution in [0.3, 0.4) is 0 Å². The van der Waals surface area contributed by atoms with Gasteiger partial charge in [-0.3, -0.25) is 11.3 Å². The normalized spacial score (nSPS) is 29.7. The van der Waals surface area contributed by atoms with Crippen molar-refractivity contribution in [2.45, 2.75) is 25.3 Å². The molecule has 1 aromatic carbocycles. The fourth-order valence-electron chi connectivity index (χ4n) is 3.85. The molecule has 0 bridgehead atoms. The van der Waals surface area contributed by atoms with Crippen molar-refractivity contribution in [1.29, 1.82) is 0 Å². The molecule has 3 unspecified atom stereocenters. The van der Waals surface area contributed by atoms with Crippen LogP contribution in [0.25, 0.3) is 0 Å². The Morgan fingerprint density at radius 2 is 1.84 bits per heavy atom. The lowest BCUT2D eigenvalue weighted by atomic mass is 9.97. The maximum absolute atomic E-state index is 5.79. The lowest BCUT2D eigenvalue weighted by molar-refractivity contribution is 0.352. The summed E-state index contributed by atoms with van der Waals surface area (Å²) in [6, 6.07) is 6.31. The molecule has 0 aliphatic heterocycles. The van der Waals surface area contributed by atoms with Crippen LogP contribution < -0.4 is 20.7 Å². The lowest BCUT2D eigenvalue weighted by Crippen LogP contribution is -2.30. The number of benzene rings is 1. The molecule has 2 saturated carbocycles. The Balaban J connectivity index is 1.83. The van der Waals surface area contributed by atoms with Crippen LogP contribution in [0.2, 0.25) is 0 Å². The van der Waals surface area contributed by atoms with Crippen LogP contribution in [0.1, 0.15) is 30.9 Å². The molecule has 3 atom stereocenters. The maximum atomic E-state index is 5.79. The largest absolute Gasteiger partial charge is 0.493 e. The van der Waals surface area contributed by atoms with E-state index in [1.54, 1.807) is 14.2 Å². The molecule has 0 spiro atoms. The highest BCUT2D eigenvalue weighted by molar-refractivity contribution is 5.44. The van der Waals surface area contributed by atoms with Crippen LogP contribution >= 0.6 is 0 Å². The van der Waals surface area contributed by atoms with Gasteiger partial charge in [0, 0.05) is 6.04 Å². The van der Waals surface area contributed by atoms with Gasteiger partial charge < -0.3 is 9.47 Å². The first-order valence-corrected chi connectivity index (χ1v) is 6.98. The Labute approximate surface area is 114 Å². The lowest BCUT2D eigenvalue weighted by Gasteiger charge is -2.20. The Morgan fingerprint density at radius 3 is 2.42 bits per heavy atom. The van der Waals surface area contributed by atoms with E-state index in [0.717, 1.165) is 23.3 Å². The third kappa shape index (κ3) is 2.09. The van der Waals surface area contributed by atoms with E-state index in [1.165, 1.54) is 24.8 Å². The number of hydrogen-bond acceptors (Lipinski definition) is 4. The Hall–Kier alpha value is -1.26. The average Bonchev–Trinajstić information content (AvgIpc) is 2.91. The smallest absolute Gasteiger partial charge is 0.161 e. The summed E-state index contributed by atoms with van der Waals surface area (Å²) in [7, 11) is 3.32. The van der Waals surface area contributed by atoms with Crippen LogP contribution in [-0.4, -0.2) is 14.2 Å². The monoisotopic (exact) mass is 262 g/mol. The summed E-state index contributed by atoms with van der Waals surface area (Å²) >= 11 is 0. The molecular weight excluding hydrogens is 240 g/mol. The fourth-order valence-corrected chi connectivity index (χ4v) is 3.85. The van der Waals surface area contributed by atoms with E-state index in [-0.39, 0.29) is 6.04 Å². The predicted octanol–water partition coefficient (Wildman–Crippen LogP) is 2.25. The standard InChI is InChI=1S/C15H22N2O2/c1-18-12-7-6-9(8-13(12)19-2)15(17-16)14-10-4-3-5-11(10)14/h6-8,10-11,14-15,17H,3-5,16H2,1-2H3. The highest BCUT2D eigenvalue weighted by Crippen LogP contribution is 2.62. The Morgan fingerprint density at radius 1 is 1.16 bits per heavy atom. The first-order valence-electron chi connectivity index (χ1n) is 6.98. The van der Waals surface area contributed by atoms with Gasteiger partial charge in [-0.2, -0.15) is 0 Å². The van der Waals surface area contributed by atoms with Crippen molar-refractivity contribution in [3.8, 4) is 11.5 Å². The average molecular weight is 262 g/mol. The minimum absolute atomic E-state index is 0.232. The highest BCUT2D eigenvalue weighted by atomic mass is 16.5. The number of hydrogen-bond donors (Lipinski definition) is 2. The zero-order chi connectivity index (χ0) is 13.4. The van der Waals surface area contributed by atoms with Crippen molar-refractivity contribution in [2.24, 2.45) is 23.6 Å². The molecule has 2 aliphatic rings. The van der Waals surface area contributed by atoms with Crippen molar-refractivity contribution >= 4 is 0 Å². The van der Waals surface area contributed by atoms with Crippen LogP contribution in [0.5, 0.6) is 11.5 Å². The fraction of sp³-hybridized carbons (Fsp3) is 0.600. The first kappa shape index (κ1) is 12.8. The quantitative estimate of drug-likeness (QED) is 0.631. The molecule has 2 fully saturated rings. The van der Waals surface area contributed by atoms with E-state index < -0.39 is 0 Å². The summed E-state index contributed by atoms with van der Waals surface area (Å²) in [4.78, 5) is 0. The molecule has 0 radical (unpaired) electrons. The van der Waals surface area contributed by atoms with Gasteiger partial charge in [0.05, 0.1) is 14.2 Å². The molecule has 0 saturated heterocycles. The van der Waals surface area contributed by atoms with E-state index >= 15 is 0 Å². The second-order valence-corrected chi connectivity index (χ2v) is 5.59. The molecule has 19 heavy (non-hydrogen) atoms. The van der Waals surface area contributed by atoms with Gasteiger partial charge in [-0.05, 0) is 48.3 Å². The Bertz CT molecular complexity index is 453. The summed E-state index contributed by atoms with van der Waals surface area (Å²) in [6.07, 6.45) is 4.11. The number of rotatable bonds is 5. The molecule has 1 aromatic rings. The van der Waals surface area contributed by atoms with Gasteiger partial charge in [0.25, 0.3) is 0 Å². The van der Waals surface area contributed by atoms with Crippen LogP contribution in [0.15, 0.2) is 18.2 Å². The third-order valence-corrected chi connectivity index (χ3v) is 4.80. The molecule has 4 nitrogen and oxygen atoms in total. The van der Waals surface area contributed by atoms with E-state index in [2.05, 4.69) is 11.5 Å². The van der Waals surface area contributed by atoms with Gasteiger partial charge in [-0.15, -0.1) is 0 Å². The zero-order valence-corrected chi connectivity index (χ0v) is 11.6. The van der Waals surface area contributed by atoms with Crippen LogP contribution in [0.4, 0.5) is 0 Å². The van der Waals surface area contributed by atoms with E-state index in [1.807, 2.05) is 12.1 Å². The van der Waals surface area contributed by atoms with Crippen molar-refractivity contribution in [3.63, 3.8) is 0 Å². The summed E-state index contributed by atoms with van der Waals surface area (Å²) < 4.78 is 10.7. The number of nitrogens with two attached hydrogens (primary N) is 1. The summed E-state index contributed by atoms with van der Waals surface area (Å²) in [5.41, 5.74) is 4.20. The number of methoxy groups -OCH3 is 2. The molecule has 4 heteroatoms.